The second kappa shape index (κ2) is 4.03. The van der Waals surface area contributed by atoms with Gasteiger partial charge in [-0.1, -0.05) is 0 Å². The molecule has 1 rings (SSSR count). The number of nitrogens with two attached hydrogens (primary N) is 1. The Morgan fingerprint density at radius 3 is 2.91 bits per heavy atom. The highest BCUT2D eigenvalue weighted by molar-refractivity contribution is 5.31. The molecule has 0 aromatic carbocycles. The normalized spacial score (nSPS) is 10.0. The molecule has 0 amide bonds. The van der Waals surface area contributed by atoms with Crippen molar-refractivity contribution in [3.63, 3.8) is 0 Å². The highest BCUT2D eigenvalue weighted by Gasteiger charge is 1.94. The molecule has 0 aliphatic carbocycles. The zero-order chi connectivity index (χ0) is 8.10. The van der Waals surface area contributed by atoms with E-state index in [1.807, 2.05) is 19.1 Å². The van der Waals surface area contributed by atoms with Crippen LogP contribution in [0.1, 0.15) is 12.2 Å². The summed E-state index contributed by atoms with van der Waals surface area (Å²) in [5.74, 6) is 1.76. The Kier molecular flexibility index (Phi) is 2.98. The van der Waals surface area contributed by atoms with E-state index < -0.39 is 0 Å². The second-order valence-corrected chi connectivity index (χ2v) is 2.48. The number of hydrogen-bond acceptors (Lipinski definition) is 3. The molecule has 3 heteroatoms. The molecule has 3 nitrogen and oxygen atoms in total. The first kappa shape index (κ1) is 8.14. The lowest BCUT2D eigenvalue weighted by molar-refractivity contribution is 0.545. The maximum atomic E-state index is 5.33. The van der Waals surface area contributed by atoms with Gasteiger partial charge in [0.05, 0.1) is 0 Å². The summed E-state index contributed by atoms with van der Waals surface area (Å²) in [5, 5.41) is 3.12. The molecule has 62 valence electrons. The quantitative estimate of drug-likeness (QED) is 0.643. The highest BCUT2D eigenvalue weighted by atomic mass is 16.4. The molecule has 1 aromatic rings. The average molecular weight is 154 g/mol. The van der Waals surface area contributed by atoms with Crippen LogP contribution in [0.5, 0.6) is 0 Å². The summed E-state index contributed by atoms with van der Waals surface area (Å²) < 4.78 is 5.28. The van der Waals surface area contributed by atoms with Gasteiger partial charge >= 0.3 is 0 Å². The summed E-state index contributed by atoms with van der Waals surface area (Å²) in [6.45, 7) is 3.52. The molecule has 0 atom stereocenters. The molecule has 0 bridgehead atoms. The van der Waals surface area contributed by atoms with Crippen molar-refractivity contribution in [1.82, 2.24) is 0 Å². The van der Waals surface area contributed by atoms with Crippen molar-refractivity contribution in [3.05, 3.63) is 17.9 Å². The van der Waals surface area contributed by atoms with Crippen LogP contribution in [0.4, 0.5) is 5.88 Å². The van der Waals surface area contributed by atoms with E-state index in [9.17, 15) is 0 Å². The van der Waals surface area contributed by atoms with Gasteiger partial charge in [-0.25, -0.2) is 0 Å². The van der Waals surface area contributed by atoms with E-state index in [0.717, 1.165) is 24.6 Å². The Bertz CT molecular complexity index is 208. The Morgan fingerprint density at radius 2 is 2.36 bits per heavy atom. The largest absolute Gasteiger partial charge is 0.446 e. The van der Waals surface area contributed by atoms with Crippen LogP contribution in [-0.4, -0.2) is 13.1 Å². The first-order chi connectivity index (χ1) is 5.33. The van der Waals surface area contributed by atoms with Crippen LogP contribution in [-0.2, 0) is 0 Å². The van der Waals surface area contributed by atoms with Gasteiger partial charge in [0.1, 0.15) is 5.76 Å². The van der Waals surface area contributed by atoms with Crippen molar-refractivity contribution in [2.45, 2.75) is 13.3 Å². The molecule has 1 heterocycles. The molecule has 0 saturated carbocycles. The van der Waals surface area contributed by atoms with Crippen molar-refractivity contribution >= 4 is 5.88 Å². The minimum absolute atomic E-state index is 0.715. The number of rotatable bonds is 4. The number of hydrogen-bond donors (Lipinski definition) is 2. The molecule has 3 N–H and O–H groups in total. The van der Waals surface area contributed by atoms with E-state index in [-0.39, 0.29) is 0 Å². The van der Waals surface area contributed by atoms with Crippen LogP contribution in [0.2, 0.25) is 0 Å². The van der Waals surface area contributed by atoms with Gasteiger partial charge in [-0.3, -0.25) is 0 Å². The standard InChI is InChI=1S/C8H14N2O/c1-7-3-4-8(11-7)10-6-2-5-9/h3-4,10H,2,5-6,9H2,1H3. The van der Waals surface area contributed by atoms with E-state index in [1.54, 1.807) is 0 Å². The Balaban J connectivity index is 2.27. The first-order valence-electron chi connectivity index (χ1n) is 3.83. The van der Waals surface area contributed by atoms with Gasteiger partial charge in [0.25, 0.3) is 0 Å². The van der Waals surface area contributed by atoms with E-state index >= 15 is 0 Å². The molecule has 11 heavy (non-hydrogen) atoms. The Morgan fingerprint density at radius 1 is 1.55 bits per heavy atom. The number of furan rings is 1. The molecule has 0 fully saturated rings. The van der Waals surface area contributed by atoms with E-state index in [2.05, 4.69) is 5.32 Å². The van der Waals surface area contributed by atoms with Crippen LogP contribution in [0.3, 0.4) is 0 Å². The molecule has 0 saturated heterocycles. The smallest absolute Gasteiger partial charge is 0.193 e. The monoisotopic (exact) mass is 154 g/mol. The fraction of sp³-hybridized carbons (Fsp3) is 0.500. The minimum Gasteiger partial charge on any atom is -0.446 e. The van der Waals surface area contributed by atoms with Gasteiger partial charge in [-0.05, 0) is 26.0 Å². The molecular weight excluding hydrogens is 140 g/mol. The fourth-order valence-electron chi connectivity index (χ4n) is 0.843. The predicted molar refractivity (Wildman–Crippen MR) is 45.6 cm³/mol. The third-order valence-corrected chi connectivity index (χ3v) is 1.42. The van der Waals surface area contributed by atoms with Crippen molar-refractivity contribution < 1.29 is 4.42 Å². The third-order valence-electron chi connectivity index (χ3n) is 1.42. The van der Waals surface area contributed by atoms with Crippen molar-refractivity contribution in [3.8, 4) is 0 Å². The van der Waals surface area contributed by atoms with Gasteiger partial charge in [0, 0.05) is 12.6 Å². The van der Waals surface area contributed by atoms with Crippen LogP contribution in [0, 0.1) is 6.92 Å². The predicted octanol–water partition coefficient (Wildman–Crippen LogP) is 1.35. The van der Waals surface area contributed by atoms with Gasteiger partial charge in [-0.15, -0.1) is 0 Å². The third kappa shape index (κ3) is 2.63. The van der Waals surface area contributed by atoms with Crippen LogP contribution >= 0.6 is 0 Å². The summed E-state index contributed by atoms with van der Waals surface area (Å²) >= 11 is 0. The fourth-order valence-corrected chi connectivity index (χ4v) is 0.843. The number of aryl methyl sites for hydroxylation is 1. The average Bonchev–Trinajstić information content (AvgIpc) is 2.37. The lowest BCUT2D eigenvalue weighted by atomic mass is 10.4. The Labute approximate surface area is 66.6 Å². The lowest BCUT2D eigenvalue weighted by Crippen LogP contribution is -2.07. The molecule has 0 spiro atoms. The van der Waals surface area contributed by atoms with Crippen LogP contribution in [0.25, 0.3) is 0 Å². The summed E-state index contributed by atoms with van der Waals surface area (Å²) in [5.41, 5.74) is 5.33. The van der Waals surface area contributed by atoms with Crippen LogP contribution < -0.4 is 11.1 Å². The van der Waals surface area contributed by atoms with Gasteiger partial charge in [0.15, 0.2) is 5.88 Å². The Hall–Kier alpha value is -0.960. The topological polar surface area (TPSA) is 51.2 Å². The molecule has 0 radical (unpaired) electrons. The van der Waals surface area contributed by atoms with Crippen molar-refractivity contribution in [2.24, 2.45) is 5.73 Å². The summed E-state index contributed by atoms with van der Waals surface area (Å²) in [6, 6.07) is 3.86. The SMILES string of the molecule is Cc1ccc(NCCCN)o1. The van der Waals surface area contributed by atoms with Gasteiger partial charge in [0.2, 0.25) is 0 Å². The number of anilines is 1. The first-order valence-corrected chi connectivity index (χ1v) is 3.83. The highest BCUT2D eigenvalue weighted by Crippen LogP contribution is 2.11. The zero-order valence-corrected chi connectivity index (χ0v) is 6.76. The van der Waals surface area contributed by atoms with Gasteiger partial charge in [-0.2, -0.15) is 0 Å². The second-order valence-electron chi connectivity index (χ2n) is 2.48. The molecule has 1 aromatic heterocycles. The van der Waals surface area contributed by atoms with E-state index in [0.29, 0.717) is 6.54 Å². The molecular formula is C8H14N2O. The maximum absolute atomic E-state index is 5.33. The van der Waals surface area contributed by atoms with Crippen molar-refractivity contribution in [2.75, 3.05) is 18.4 Å². The molecule has 0 unspecified atom stereocenters. The summed E-state index contributed by atoms with van der Waals surface area (Å²) in [7, 11) is 0. The maximum Gasteiger partial charge on any atom is 0.193 e. The summed E-state index contributed by atoms with van der Waals surface area (Å²) in [4.78, 5) is 0. The lowest BCUT2D eigenvalue weighted by Gasteiger charge is -1.99. The molecule has 0 aliphatic rings. The zero-order valence-electron chi connectivity index (χ0n) is 6.76. The van der Waals surface area contributed by atoms with Gasteiger partial charge < -0.3 is 15.5 Å². The van der Waals surface area contributed by atoms with Crippen LogP contribution in [0.15, 0.2) is 16.5 Å². The minimum atomic E-state index is 0.715. The number of nitrogens with one attached hydrogen (secondary N) is 1. The summed E-state index contributed by atoms with van der Waals surface area (Å²) in [6.07, 6.45) is 0.972. The van der Waals surface area contributed by atoms with E-state index in [4.69, 9.17) is 10.2 Å². The van der Waals surface area contributed by atoms with Crippen molar-refractivity contribution in [1.29, 1.82) is 0 Å². The van der Waals surface area contributed by atoms with E-state index in [1.165, 1.54) is 0 Å². The molecule has 0 aliphatic heterocycles.